The number of aryl methyl sites for hydroxylation is 2. The Bertz CT molecular complexity index is 767. The number of carbonyl (C=O) groups is 1. The van der Waals surface area contributed by atoms with Gasteiger partial charge in [-0.1, -0.05) is 12.1 Å². The molecule has 0 saturated heterocycles. The first-order chi connectivity index (χ1) is 9.71. The van der Waals surface area contributed by atoms with E-state index in [0.29, 0.717) is 5.56 Å². The monoisotopic (exact) mass is 267 g/mol. The van der Waals surface area contributed by atoms with Crippen molar-refractivity contribution < 1.29 is 4.79 Å². The summed E-state index contributed by atoms with van der Waals surface area (Å²) in [4.78, 5) is 10.9. The molecule has 0 saturated carbocycles. The van der Waals surface area contributed by atoms with Crippen molar-refractivity contribution in [1.82, 2.24) is 14.3 Å². The van der Waals surface area contributed by atoms with E-state index in [1.807, 2.05) is 29.8 Å². The quantitative estimate of drug-likeness (QED) is 0.682. The second-order valence-corrected chi connectivity index (χ2v) is 4.97. The van der Waals surface area contributed by atoms with E-state index in [1.165, 1.54) is 5.69 Å². The van der Waals surface area contributed by atoms with Crippen LogP contribution in [0, 0.1) is 6.92 Å². The summed E-state index contributed by atoms with van der Waals surface area (Å²) in [5.41, 5.74) is 4.00. The van der Waals surface area contributed by atoms with Gasteiger partial charge in [0, 0.05) is 23.8 Å². The second kappa shape index (κ2) is 4.96. The van der Waals surface area contributed by atoms with E-state index in [1.54, 1.807) is 0 Å². The smallest absolute Gasteiger partial charge is 0.150 e. The average molecular weight is 267 g/mol. The molecular weight excluding hydrogens is 250 g/mol. The largest absolute Gasteiger partial charge is 0.341 e. The summed E-state index contributed by atoms with van der Waals surface area (Å²) in [6.45, 7) is 5.73. The van der Waals surface area contributed by atoms with E-state index in [9.17, 15) is 4.79 Å². The summed E-state index contributed by atoms with van der Waals surface area (Å²) < 4.78 is 4.18. The molecule has 0 fully saturated rings. The summed E-state index contributed by atoms with van der Waals surface area (Å²) in [6, 6.07) is 9.95. The van der Waals surface area contributed by atoms with Crippen LogP contribution in [-0.4, -0.2) is 20.6 Å². The zero-order chi connectivity index (χ0) is 14.1. The molecule has 2 aromatic heterocycles. The van der Waals surface area contributed by atoms with Gasteiger partial charge in [0.15, 0.2) is 0 Å². The Kier molecular flexibility index (Phi) is 3.14. The summed E-state index contributed by atoms with van der Waals surface area (Å²) in [5.74, 6) is 0. The van der Waals surface area contributed by atoms with Gasteiger partial charge in [0.25, 0.3) is 0 Å². The number of rotatable bonds is 4. The highest BCUT2D eigenvalue weighted by Crippen LogP contribution is 2.19. The molecule has 20 heavy (non-hydrogen) atoms. The Balaban J connectivity index is 2.03. The molecule has 4 nitrogen and oxygen atoms in total. The van der Waals surface area contributed by atoms with Crippen molar-refractivity contribution in [2.24, 2.45) is 0 Å². The van der Waals surface area contributed by atoms with Crippen molar-refractivity contribution in [3.05, 3.63) is 53.5 Å². The molecule has 0 aliphatic rings. The Labute approximate surface area is 117 Å². The van der Waals surface area contributed by atoms with Crippen molar-refractivity contribution in [2.45, 2.75) is 26.9 Å². The minimum atomic E-state index is 0.706. The molecule has 4 heteroatoms. The minimum absolute atomic E-state index is 0.706. The number of hydrogen-bond donors (Lipinski definition) is 0. The number of benzene rings is 1. The van der Waals surface area contributed by atoms with Crippen LogP contribution in [-0.2, 0) is 13.1 Å². The topological polar surface area (TPSA) is 39.8 Å². The van der Waals surface area contributed by atoms with E-state index < -0.39 is 0 Å². The molecule has 2 heterocycles. The molecule has 0 bridgehead atoms. The first-order valence-electron chi connectivity index (χ1n) is 6.78. The van der Waals surface area contributed by atoms with Gasteiger partial charge in [-0.15, -0.1) is 0 Å². The minimum Gasteiger partial charge on any atom is -0.341 e. The molecule has 102 valence electrons. The van der Waals surface area contributed by atoms with Crippen molar-refractivity contribution in [2.75, 3.05) is 0 Å². The Morgan fingerprint density at radius 1 is 1.25 bits per heavy atom. The number of fused-ring (bicyclic) bond motifs is 1. The maximum atomic E-state index is 10.9. The molecule has 0 amide bonds. The predicted octanol–water partition coefficient (Wildman–Crippen LogP) is 3.03. The molecule has 0 aliphatic carbocycles. The van der Waals surface area contributed by atoms with Gasteiger partial charge in [-0.3, -0.25) is 9.48 Å². The van der Waals surface area contributed by atoms with Crippen LogP contribution in [0.1, 0.15) is 28.7 Å². The van der Waals surface area contributed by atoms with Crippen LogP contribution in [0.3, 0.4) is 0 Å². The van der Waals surface area contributed by atoms with E-state index in [2.05, 4.69) is 34.9 Å². The molecule has 1 aromatic carbocycles. The molecule has 0 unspecified atom stereocenters. The lowest BCUT2D eigenvalue weighted by Crippen LogP contribution is -2.07. The number of aldehydes is 1. The van der Waals surface area contributed by atoms with E-state index in [4.69, 9.17) is 0 Å². The molecular formula is C16H17N3O. The van der Waals surface area contributed by atoms with E-state index in [0.717, 1.165) is 36.0 Å². The molecule has 0 radical (unpaired) electrons. The van der Waals surface area contributed by atoms with Crippen LogP contribution in [0.15, 0.2) is 36.5 Å². The van der Waals surface area contributed by atoms with E-state index >= 15 is 0 Å². The molecule has 3 rings (SSSR count). The van der Waals surface area contributed by atoms with Gasteiger partial charge in [-0.05, 0) is 37.4 Å². The number of aromatic nitrogens is 3. The zero-order valence-corrected chi connectivity index (χ0v) is 11.7. The van der Waals surface area contributed by atoms with Gasteiger partial charge in [0.1, 0.15) is 6.29 Å². The first kappa shape index (κ1) is 12.7. The number of nitrogens with zero attached hydrogens (tertiary/aromatic N) is 3. The van der Waals surface area contributed by atoms with Crippen LogP contribution >= 0.6 is 0 Å². The Morgan fingerprint density at radius 3 is 2.85 bits per heavy atom. The highest BCUT2D eigenvalue weighted by molar-refractivity contribution is 5.87. The molecule has 0 aliphatic heterocycles. The molecule has 0 atom stereocenters. The lowest BCUT2D eigenvalue weighted by Gasteiger charge is -2.07. The summed E-state index contributed by atoms with van der Waals surface area (Å²) in [6.07, 6.45) is 2.94. The first-order valence-corrected chi connectivity index (χ1v) is 6.78. The van der Waals surface area contributed by atoms with Gasteiger partial charge >= 0.3 is 0 Å². The predicted molar refractivity (Wildman–Crippen MR) is 79.1 cm³/mol. The van der Waals surface area contributed by atoms with E-state index in [-0.39, 0.29) is 0 Å². The normalized spacial score (nSPS) is 11.1. The highest BCUT2D eigenvalue weighted by atomic mass is 16.1. The van der Waals surface area contributed by atoms with Crippen LogP contribution in [0.25, 0.3) is 10.9 Å². The van der Waals surface area contributed by atoms with Crippen molar-refractivity contribution in [1.29, 1.82) is 0 Å². The Hall–Kier alpha value is -2.36. The fourth-order valence-electron chi connectivity index (χ4n) is 2.59. The maximum Gasteiger partial charge on any atom is 0.150 e. The summed E-state index contributed by atoms with van der Waals surface area (Å²) in [7, 11) is 0. The van der Waals surface area contributed by atoms with Crippen molar-refractivity contribution in [3.8, 4) is 0 Å². The van der Waals surface area contributed by atoms with Crippen LogP contribution in [0.2, 0.25) is 0 Å². The number of hydrogen-bond acceptors (Lipinski definition) is 2. The molecule has 3 aromatic rings. The average Bonchev–Trinajstić information content (AvgIpc) is 3.02. The van der Waals surface area contributed by atoms with Gasteiger partial charge in [0.05, 0.1) is 17.9 Å². The second-order valence-electron chi connectivity index (χ2n) is 4.97. The van der Waals surface area contributed by atoms with Crippen molar-refractivity contribution in [3.63, 3.8) is 0 Å². The third-order valence-corrected chi connectivity index (χ3v) is 3.55. The Morgan fingerprint density at radius 2 is 2.10 bits per heavy atom. The summed E-state index contributed by atoms with van der Waals surface area (Å²) in [5, 5.41) is 5.62. The van der Waals surface area contributed by atoms with Crippen LogP contribution in [0.5, 0.6) is 0 Å². The molecule has 0 N–H and O–H groups in total. The lowest BCUT2D eigenvalue weighted by molar-refractivity contribution is 0.112. The fourth-order valence-corrected chi connectivity index (χ4v) is 2.59. The lowest BCUT2D eigenvalue weighted by atomic mass is 10.2. The van der Waals surface area contributed by atoms with Gasteiger partial charge < -0.3 is 4.57 Å². The SMILES string of the molecule is CCn1nc(C)cc1Cn1ccc2ccc(C=O)cc21. The van der Waals surface area contributed by atoms with Crippen molar-refractivity contribution >= 4 is 17.2 Å². The fraction of sp³-hybridized carbons (Fsp3) is 0.250. The zero-order valence-electron chi connectivity index (χ0n) is 11.7. The highest BCUT2D eigenvalue weighted by Gasteiger charge is 2.07. The maximum absolute atomic E-state index is 10.9. The van der Waals surface area contributed by atoms with Gasteiger partial charge in [-0.25, -0.2) is 0 Å². The number of carbonyl (C=O) groups excluding carboxylic acids is 1. The molecule has 0 spiro atoms. The third-order valence-electron chi connectivity index (χ3n) is 3.55. The van der Waals surface area contributed by atoms with Crippen LogP contribution in [0.4, 0.5) is 0 Å². The van der Waals surface area contributed by atoms with Gasteiger partial charge in [0.2, 0.25) is 0 Å². The summed E-state index contributed by atoms with van der Waals surface area (Å²) >= 11 is 0. The third kappa shape index (κ3) is 2.13. The van der Waals surface area contributed by atoms with Crippen LogP contribution < -0.4 is 0 Å². The standard InChI is InChI=1S/C16H17N3O/c1-3-19-15(8-12(2)17-19)10-18-7-6-14-5-4-13(11-20)9-16(14)18/h4-9,11H,3,10H2,1-2H3. The van der Waals surface area contributed by atoms with Gasteiger partial charge in [-0.2, -0.15) is 5.10 Å².